The Bertz CT molecular complexity index is 878. The van der Waals surface area contributed by atoms with Crippen LogP contribution in [0.3, 0.4) is 0 Å². The SMILES string of the molecule is Cc1cc([C@@H]2Nc3ccccc3C(=O)N2C2CC2)c(C)n1C[C@@H]1CCCO1. The Kier molecular flexibility index (Phi) is 4.01. The Labute approximate surface area is 160 Å². The highest BCUT2D eigenvalue weighted by atomic mass is 16.5. The molecule has 3 heterocycles. The third-order valence-electron chi connectivity index (χ3n) is 6.22. The summed E-state index contributed by atoms with van der Waals surface area (Å²) in [7, 11) is 0. The third kappa shape index (κ3) is 2.85. The van der Waals surface area contributed by atoms with Crippen LogP contribution in [0.25, 0.3) is 0 Å². The van der Waals surface area contributed by atoms with Gasteiger partial charge in [-0.1, -0.05) is 12.1 Å². The van der Waals surface area contributed by atoms with E-state index in [4.69, 9.17) is 4.74 Å². The standard InChI is InChI=1S/C22H27N3O2/c1-14-12-19(15(2)24(14)13-17-6-5-11-27-17)21-23-20-8-4-3-7-18(20)22(26)25(21)16-9-10-16/h3-4,7-8,12,16-17,21,23H,5-6,9-11,13H2,1-2H3/t17-,21+/m0/s1. The number of carbonyl (C=O) groups is 1. The molecule has 1 amide bonds. The van der Waals surface area contributed by atoms with Gasteiger partial charge in [-0.05, 0) is 57.7 Å². The van der Waals surface area contributed by atoms with E-state index < -0.39 is 0 Å². The number of rotatable bonds is 4. The van der Waals surface area contributed by atoms with Crippen molar-refractivity contribution < 1.29 is 9.53 Å². The second-order valence-electron chi connectivity index (χ2n) is 8.11. The predicted octanol–water partition coefficient (Wildman–Crippen LogP) is 4.01. The van der Waals surface area contributed by atoms with E-state index in [9.17, 15) is 4.79 Å². The Balaban J connectivity index is 1.52. The van der Waals surface area contributed by atoms with E-state index in [0.717, 1.165) is 50.1 Å². The number of nitrogens with one attached hydrogen (secondary N) is 1. The van der Waals surface area contributed by atoms with E-state index in [1.807, 2.05) is 24.3 Å². The summed E-state index contributed by atoms with van der Waals surface area (Å²) in [5.74, 6) is 0.153. The molecule has 5 nitrogen and oxygen atoms in total. The van der Waals surface area contributed by atoms with E-state index in [-0.39, 0.29) is 12.1 Å². The zero-order valence-corrected chi connectivity index (χ0v) is 16.1. The Morgan fingerprint density at radius 1 is 1.19 bits per heavy atom. The molecular formula is C22H27N3O2. The summed E-state index contributed by atoms with van der Waals surface area (Å²) in [5.41, 5.74) is 5.41. The Morgan fingerprint density at radius 3 is 2.74 bits per heavy atom. The van der Waals surface area contributed by atoms with Crippen LogP contribution in [0, 0.1) is 13.8 Å². The first-order chi connectivity index (χ1) is 13.1. The lowest BCUT2D eigenvalue weighted by molar-refractivity contribution is 0.0665. The van der Waals surface area contributed by atoms with Crippen LogP contribution in [0.5, 0.6) is 0 Å². The highest BCUT2D eigenvalue weighted by Crippen LogP contribution is 2.42. The van der Waals surface area contributed by atoms with E-state index in [0.29, 0.717) is 12.1 Å². The topological polar surface area (TPSA) is 46.5 Å². The van der Waals surface area contributed by atoms with Gasteiger partial charge in [-0.15, -0.1) is 0 Å². The summed E-state index contributed by atoms with van der Waals surface area (Å²) in [6.07, 6.45) is 4.70. The summed E-state index contributed by atoms with van der Waals surface area (Å²) in [4.78, 5) is 15.3. The predicted molar refractivity (Wildman–Crippen MR) is 105 cm³/mol. The van der Waals surface area contributed by atoms with Crippen LogP contribution in [0.2, 0.25) is 0 Å². The quantitative estimate of drug-likeness (QED) is 0.890. The lowest BCUT2D eigenvalue weighted by Gasteiger charge is -2.38. The Hall–Kier alpha value is -2.27. The van der Waals surface area contributed by atoms with Gasteiger partial charge in [0.25, 0.3) is 5.91 Å². The largest absolute Gasteiger partial charge is 0.376 e. The van der Waals surface area contributed by atoms with Gasteiger partial charge in [0.2, 0.25) is 0 Å². The number of nitrogens with zero attached hydrogens (tertiary/aromatic N) is 2. The average molecular weight is 365 g/mol. The second kappa shape index (κ2) is 6.41. The zero-order valence-electron chi connectivity index (χ0n) is 16.1. The minimum Gasteiger partial charge on any atom is -0.376 e. The van der Waals surface area contributed by atoms with E-state index >= 15 is 0 Å². The van der Waals surface area contributed by atoms with Crippen LogP contribution < -0.4 is 5.32 Å². The van der Waals surface area contributed by atoms with Crippen LogP contribution in [0.15, 0.2) is 30.3 Å². The lowest BCUT2D eigenvalue weighted by atomic mass is 10.0. The number of aryl methyl sites for hydroxylation is 1. The Morgan fingerprint density at radius 2 is 2.00 bits per heavy atom. The number of para-hydroxylation sites is 1. The van der Waals surface area contributed by atoms with E-state index in [1.54, 1.807) is 0 Å². The summed E-state index contributed by atoms with van der Waals surface area (Å²) < 4.78 is 8.22. The number of ether oxygens (including phenoxy) is 1. The van der Waals surface area contributed by atoms with E-state index in [2.05, 4.69) is 34.7 Å². The molecule has 142 valence electrons. The van der Waals surface area contributed by atoms with Gasteiger partial charge in [0, 0.05) is 41.8 Å². The normalized spacial score (nSPS) is 24.8. The number of aromatic nitrogens is 1. The lowest BCUT2D eigenvalue weighted by Crippen LogP contribution is -2.44. The van der Waals surface area contributed by atoms with E-state index in [1.165, 1.54) is 17.0 Å². The molecular weight excluding hydrogens is 338 g/mol. The molecule has 3 aliphatic rings. The van der Waals surface area contributed by atoms with Gasteiger partial charge in [0.05, 0.1) is 11.7 Å². The van der Waals surface area contributed by atoms with Gasteiger partial charge in [-0.25, -0.2) is 0 Å². The van der Waals surface area contributed by atoms with Gasteiger partial charge >= 0.3 is 0 Å². The molecule has 1 saturated heterocycles. The van der Waals surface area contributed by atoms with Crippen LogP contribution >= 0.6 is 0 Å². The van der Waals surface area contributed by atoms with Gasteiger partial charge in [-0.2, -0.15) is 0 Å². The van der Waals surface area contributed by atoms with Crippen molar-refractivity contribution in [1.29, 1.82) is 0 Å². The number of fused-ring (bicyclic) bond motifs is 1. The first-order valence-electron chi connectivity index (χ1n) is 10.1. The van der Waals surface area contributed by atoms with Crippen molar-refractivity contribution in [1.82, 2.24) is 9.47 Å². The highest BCUT2D eigenvalue weighted by Gasteiger charge is 2.43. The molecule has 2 aliphatic heterocycles. The molecule has 2 atom stereocenters. The fraction of sp³-hybridized carbons (Fsp3) is 0.500. The molecule has 0 unspecified atom stereocenters. The number of amides is 1. The summed E-state index contributed by atoms with van der Waals surface area (Å²) in [5, 5.41) is 3.65. The number of carbonyl (C=O) groups excluding carboxylic acids is 1. The molecule has 5 rings (SSSR count). The summed E-state index contributed by atoms with van der Waals surface area (Å²) >= 11 is 0. The molecule has 1 aromatic carbocycles. The molecule has 0 bridgehead atoms. The highest BCUT2D eigenvalue weighted by molar-refractivity contribution is 6.02. The molecule has 27 heavy (non-hydrogen) atoms. The van der Waals surface area contributed by atoms with Crippen LogP contribution in [0.4, 0.5) is 5.69 Å². The van der Waals surface area contributed by atoms with Crippen LogP contribution in [-0.2, 0) is 11.3 Å². The molecule has 1 aromatic heterocycles. The molecule has 2 aromatic rings. The second-order valence-corrected chi connectivity index (χ2v) is 8.11. The molecule has 5 heteroatoms. The summed E-state index contributed by atoms with van der Waals surface area (Å²) in [6, 6.07) is 10.5. The number of benzene rings is 1. The van der Waals surface area contributed by atoms with Gasteiger partial charge in [-0.3, -0.25) is 4.79 Å². The van der Waals surface area contributed by atoms with Crippen molar-refractivity contribution >= 4 is 11.6 Å². The smallest absolute Gasteiger partial charge is 0.258 e. The maximum atomic E-state index is 13.2. The first kappa shape index (κ1) is 16.9. The van der Waals surface area contributed by atoms with Crippen molar-refractivity contribution in [3.05, 3.63) is 52.8 Å². The zero-order chi connectivity index (χ0) is 18.5. The monoisotopic (exact) mass is 365 g/mol. The average Bonchev–Trinajstić information content (AvgIpc) is 3.30. The van der Waals surface area contributed by atoms with Crippen molar-refractivity contribution in [3.63, 3.8) is 0 Å². The van der Waals surface area contributed by atoms with Crippen LogP contribution in [0.1, 0.15) is 59.2 Å². The van der Waals surface area contributed by atoms with Crippen LogP contribution in [-0.4, -0.2) is 34.1 Å². The summed E-state index contributed by atoms with van der Waals surface area (Å²) in [6.45, 7) is 6.11. The molecule has 1 N–H and O–H groups in total. The number of hydrogen-bond acceptors (Lipinski definition) is 3. The molecule has 0 spiro atoms. The van der Waals surface area contributed by atoms with Crippen molar-refractivity contribution in [2.45, 2.75) is 64.4 Å². The fourth-order valence-corrected chi connectivity index (χ4v) is 4.60. The fourth-order valence-electron chi connectivity index (χ4n) is 4.60. The molecule has 1 aliphatic carbocycles. The van der Waals surface area contributed by atoms with Gasteiger partial charge in [0.1, 0.15) is 6.17 Å². The molecule has 2 fully saturated rings. The minimum atomic E-state index is -0.0932. The maximum absolute atomic E-state index is 13.2. The molecule has 1 saturated carbocycles. The van der Waals surface area contributed by atoms with Gasteiger partial charge in [0.15, 0.2) is 0 Å². The number of anilines is 1. The number of hydrogen-bond donors (Lipinski definition) is 1. The first-order valence-corrected chi connectivity index (χ1v) is 10.1. The van der Waals surface area contributed by atoms with Crippen molar-refractivity contribution in [2.75, 3.05) is 11.9 Å². The minimum absolute atomic E-state index is 0.0932. The third-order valence-corrected chi connectivity index (χ3v) is 6.22. The van der Waals surface area contributed by atoms with Crippen molar-refractivity contribution in [3.8, 4) is 0 Å². The van der Waals surface area contributed by atoms with Gasteiger partial charge < -0.3 is 19.5 Å². The van der Waals surface area contributed by atoms with Crippen molar-refractivity contribution in [2.24, 2.45) is 0 Å². The molecule has 0 radical (unpaired) electrons. The maximum Gasteiger partial charge on any atom is 0.258 e.